The number of rotatable bonds is 6. The van der Waals surface area contributed by atoms with Gasteiger partial charge in [-0.05, 0) is 44.2 Å². The Kier molecular flexibility index (Phi) is 6.17. The van der Waals surface area contributed by atoms with E-state index >= 15 is 0 Å². The highest BCUT2D eigenvalue weighted by atomic mass is 32.2. The first kappa shape index (κ1) is 19.2. The van der Waals surface area contributed by atoms with Gasteiger partial charge in [0.2, 0.25) is 0 Å². The third-order valence-corrected chi connectivity index (χ3v) is 6.10. The number of likely N-dealkylation sites (tertiary alicyclic amines) is 1. The first-order chi connectivity index (χ1) is 12.4. The monoisotopic (exact) mass is 368 g/mol. The Morgan fingerprint density at radius 1 is 1.04 bits per heavy atom. The van der Waals surface area contributed by atoms with Crippen LogP contribution in [0.3, 0.4) is 0 Å². The summed E-state index contributed by atoms with van der Waals surface area (Å²) in [5, 5.41) is 0. The Morgan fingerprint density at radius 3 is 2.00 bits per heavy atom. The number of hydrogen-bond donors (Lipinski definition) is 0. The first-order valence-electron chi connectivity index (χ1n) is 9.23. The molecule has 1 unspecified atom stereocenters. The first-order valence-corrected chi connectivity index (χ1v) is 10.3. The Balaban J connectivity index is 1.62. The van der Waals surface area contributed by atoms with E-state index in [1.165, 1.54) is 11.1 Å². The Hall–Kier alpha value is -1.62. The molecule has 2 aromatic carbocycles. The molecule has 1 aliphatic rings. The van der Waals surface area contributed by atoms with Crippen molar-refractivity contribution in [2.24, 2.45) is 10.3 Å². The third-order valence-electron chi connectivity index (χ3n) is 4.71. The van der Waals surface area contributed by atoms with Gasteiger partial charge in [0, 0.05) is 13.1 Å². The second kappa shape index (κ2) is 8.38. The van der Waals surface area contributed by atoms with E-state index < -0.39 is 11.4 Å². The van der Waals surface area contributed by atoms with Crippen LogP contribution >= 0.6 is 0 Å². The summed E-state index contributed by atoms with van der Waals surface area (Å²) in [6.45, 7) is 7.95. The smallest absolute Gasteiger partial charge is 0.144 e. The van der Waals surface area contributed by atoms with Gasteiger partial charge < -0.3 is 4.55 Å². The van der Waals surface area contributed by atoms with E-state index in [0.717, 1.165) is 19.5 Å². The van der Waals surface area contributed by atoms with E-state index in [4.69, 9.17) is 0 Å². The molecule has 1 fully saturated rings. The molecule has 3 nitrogen and oxygen atoms in total. The maximum atomic E-state index is 12.0. The summed E-state index contributed by atoms with van der Waals surface area (Å²) in [6, 6.07) is 21.7. The molecule has 26 heavy (non-hydrogen) atoms. The minimum Gasteiger partial charge on any atom is -0.591 e. The normalized spacial score (nSPS) is 17.6. The molecule has 2 aromatic rings. The summed E-state index contributed by atoms with van der Waals surface area (Å²) in [5.74, 6) is 0.589. The second-order valence-corrected chi connectivity index (χ2v) is 9.86. The molecule has 1 atom stereocenters. The van der Waals surface area contributed by atoms with Crippen molar-refractivity contribution >= 4 is 17.6 Å². The SMILES string of the molecule is CC(C)(C)[S+]([O-])/N=C/CC1CN(C(c2ccccc2)c2ccccc2)C1. The van der Waals surface area contributed by atoms with E-state index in [2.05, 4.69) is 70.0 Å². The molecule has 0 amide bonds. The molecule has 1 heterocycles. The summed E-state index contributed by atoms with van der Waals surface area (Å²) >= 11 is -1.15. The largest absolute Gasteiger partial charge is 0.591 e. The van der Waals surface area contributed by atoms with Crippen LogP contribution in [-0.4, -0.2) is 33.5 Å². The molecule has 0 N–H and O–H groups in total. The van der Waals surface area contributed by atoms with Gasteiger partial charge in [-0.2, -0.15) is 0 Å². The lowest BCUT2D eigenvalue weighted by Crippen LogP contribution is -2.48. The van der Waals surface area contributed by atoms with Gasteiger partial charge in [0.1, 0.15) is 16.1 Å². The van der Waals surface area contributed by atoms with Crippen molar-refractivity contribution in [1.82, 2.24) is 4.90 Å². The van der Waals surface area contributed by atoms with Crippen molar-refractivity contribution in [1.29, 1.82) is 0 Å². The molecule has 138 valence electrons. The summed E-state index contributed by atoms with van der Waals surface area (Å²) in [4.78, 5) is 2.52. The molecule has 0 aliphatic carbocycles. The zero-order valence-corrected chi connectivity index (χ0v) is 16.7. The van der Waals surface area contributed by atoms with E-state index in [1.807, 2.05) is 27.0 Å². The van der Waals surface area contributed by atoms with E-state index in [1.54, 1.807) is 0 Å². The van der Waals surface area contributed by atoms with Gasteiger partial charge in [0.05, 0.1) is 12.3 Å². The molecule has 0 bridgehead atoms. The molecule has 1 saturated heterocycles. The minimum absolute atomic E-state index is 0.284. The zero-order chi connectivity index (χ0) is 18.6. The van der Waals surface area contributed by atoms with E-state index in [-0.39, 0.29) is 4.75 Å². The van der Waals surface area contributed by atoms with Crippen LogP contribution in [0, 0.1) is 5.92 Å². The van der Waals surface area contributed by atoms with Crippen LogP contribution < -0.4 is 0 Å². The van der Waals surface area contributed by atoms with Crippen LogP contribution in [0.4, 0.5) is 0 Å². The fourth-order valence-corrected chi connectivity index (χ4v) is 3.81. The van der Waals surface area contributed by atoms with Gasteiger partial charge in [-0.15, -0.1) is 0 Å². The van der Waals surface area contributed by atoms with Crippen LogP contribution in [0.15, 0.2) is 65.1 Å². The molecule has 0 aromatic heterocycles. The van der Waals surface area contributed by atoms with Crippen molar-refractivity contribution < 1.29 is 4.55 Å². The van der Waals surface area contributed by atoms with Gasteiger partial charge in [-0.3, -0.25) is 4.90 Å². The highest BCUT2D eigenvalue weighted by Gasteiger charge is 2.33. The van der Waals surface area contributed by atoms with Crippen LogP contribution in [-0.2, 0) is 11.4 Å². The predicted molar refractivity (Wildman–Crippen MR) is 111 cm³/mol. The number of hydrogen-bond acceptors (Lipinski definition) is 3. The lowest BCUT2D eigenvalue weighted by Gasteiger charge is -2.44. The van der Waals surface area contributed by atoms with E-state index in [0.29, 0.717) is 12.0 Å². The maximum Gasteiger partial charge on any atom is 0.144 e. The van der Waals surface area contributed by atoms with Crippen LogP contribution in [0.2, 0.25) is 0 Å². The fraction of sp³-hybridized carbons (Fsp3) is 0.409. The van der Waals surface area contributed by atoms with Gasteiger partial charge in [-0.1, -0.05) is 65.1 Å². The van der Waals surface area contributed by atoms with Gasteiger partial charge in [0.25, 0.3) is 0 Å². The van der Waals surface area contributed by atoms with Crippen LogP contribution in [0.1, 0.15) is 44.4 Å². The zero-order valence-electron chi connectivity index (χ0n) is 15.8. The van der Waals surface area contributed by atoms with E-state index in [9.17, 15) is 4.55 Å². The quantitative estimate of drug-likeness (QED) is 0.551. The van der Waals surface area contributed by atoms with Crippen molar-refractivity contribution in [2.45, 2.75) is 38.0 Å². The van der Waals surface area contributed by atoms with Crippen LogP contribution in [0.25, 0.3) is 0 Å². The maximum absolute atomic E-state index is 12.0. The summed E-state index contributed by atoms with van der Waals surface area (Å²) < 4.78 is 15.9. The Bertz CT molecular complexity index is 666. The molecule has 0 spiro atoms. The van der Waals surface area contributed by atoms with Gasteiger partial charge in [-0.25, -0.2) is 0 Å². The second-order valence-electron chi connectivity index (χ2n) is 7.93. The standard InChI is InChI=1S/C22H28N2OS/c1-22(2,3)26(25)23-15-14-18-16-24(17-18)21(19-10-6-4-7-11-19)20-12-8-5-9-13-20/h4-13,15,18,21H,14,16-17H2,1-3H3/b23-15+. The minimum atomic E-state index is -1.15. The van der Waals surface area contributed by atoms with Crippen LogP contribution in [0.5, 0.6) is 0 Å². The van der Waals surface area contributed by atoms with Crippen molar-refractivity contribution in [2.75, 3.05) is 13.1 Å². The fourth-order valence-electron chi connectivity index (χ4n) is 3.27. The molecule has 4 heteroatoms. The summed E-state index contributed by atoms with van der Waals surface area (Å²) in [5.41, 5.74) is 2.67. The lowest BCUT2D eigenvalue weighted by atomic mass is 9.89. The summed E-state index contributed by atoms with van der Waals surface area (Å²) in [6.07, 6.45) is 2.76. The highest BCUT2D eigenvalue weighted by molar-refractivity contribution is 7.91. The lowest BCUT2D eigenvalue weighted by molar-refractivity contribution is 0.0735. The van der Waals surface area contributed by atoms with Gasteiger partial charge >= 0.3 is 0 Å². The number of benzene rings is 2. The van der Waals surface area contributed by atoms with Crippen molar-refractivity contribution in [3.8, 4) is 0 Å². The van der Waals surface area contributed by atoms with Crippen molar-refractivity contribution in [3.63, 3.8) is 0 Å². The molecular formula is C22H28N2OS. The van der Waals surface area contributed by atoms with Crippen molar-refractivity contribution in [3.05, 3.63) is 71.8 Å². The molecule has 0 saturated carbocycles. The molecule has 3 rings (SSSR count). The number of nitrogens with zero attached hydrogens (tertiary/aromatic N) is 2. The highest BCUT2D eigenvalue weighted by Crippen LogP contribution is 2.34. The topological polar surface area (TPSA) is 38.7 Å². The molecule has 0 radical (unpaired) electrons. The Morgan fingerprint density at radius 2 is 1.54 bits per heavy atom. The predicted octanol–water partition coefficient (Wildman–Crippen LogP) is 4.63. The Labute approximate surface area is 160 Å². The average molecular weight is 369 g/mol. The summed E-state index contributed by atoms with van der Waals surface area (Å²) in [7, 11) is 0. The average Bonchev–Trinajstić information content (AvgIpc) is 2.60. The van der Waals surface area contributed by atoms with Gasteiger partial charge in [0.15, 0.2) is 0 Å². The molecular weight excluding hydrogens is 340 g/mol. The molecule has 1 aliphatic heterocycles. The third kappa shape index (κ3) is 4.76.